The van der Waals surface area contributed by atoms with E-state index in [0.29, 0.717) is 29.9 Å². The van der Waals surface area contributed by atoms with Crippen LogP contribution in [0.3, 0.4) is 0 Å². The van der Waals surface area contributed by atoms with Crippen LogP contribution in [0, 0.1) is 5.82 Å². The second-order valence-corrected chi connectivity index (χ2v) is 8.01. The smallest absolute Gasteiger partial charge is 0.273 e. The zero-order chi connectivity index (χ0) is 22.6. The molecule has 1 atom stereocenters. The van der Waals surface area contributed by atoms with Crippen molar-refractivity contribution in [2.24, 2.45) is 0 Å². The topological polar surface area (TPSA) is 71.9 Å². The van der Waals surface area contributed by atoms with Crippen molar-refractivity contribution >= 4 is 5.91 Å². The van der Waals surface area contributed by atoms with Gasteiger partial charge in [-0.1, -0.05) is 30.3 Å². The Labute approximate surface area is 191 Å². The number of aromatic nitrogens is 4. The molecule has 5 rings (SSSR count). The highest BCUT2D eigenvalue weighted by atomic mass is 19.1. The standard InChI is InChI=1S/C26H22FN5O/c27-21-8-2-1-6-18(21)14-20-7-3-10-23(30-20)25-12-5-13-32(25)26(33)24-11-4-9-22(31-24)19-15-28-17-29-16-19/h1-4,6-11,15-17,25H,5,12-14H2/t25-/m1/s1. The number of halogens is 1. The van der Waals surface area contributed by atoms with Crippen molar-refractivity contribution in [2.75, 3.05) is 6.54 Å². The van der Waals surface area contributed by atoms with Crippen LogP contribution in [0.5, 0.6) is 0 Å². The minimum Gasteiger partial charge on any atom is -0.329 e. The lowest BCUT2D eigenvalue weighted by atomic mass is 10.1. The molecule has 0 bridgehead atoms. The first-order valence-corrected chi connectivity index (χ1v) is 10.9. The number of pyridine rings is 2. The molecule has 0 spiro atoms. The van der Waals surface area contributed by atoms with Gasteiger partial charge in [-0.05, 0) is 48.7 Å². The van der Waals surface area contributed by atoms with Gasteiger partial charge in [-0.25, -0.2) is 19.3 Å². The van der Waals surface area contributed by atoms with E-state index in [4.69, 9.17) is 4.98 Å². The minimum absolute atomic E-state index is 0.127. The quantitative estimate of drug-likeness (QED) is 0.453. The molecule has 0 unspecified atom stereocenters. The average Bonchev–Trinajstić information content (AvgIpc) is 3.36. The molecule has 0 N–H and O–H groups in total. The summed E-state index contributed by atoms with van der Waals surface area (Å²) in [6.07, 6.45) is 6.93. The van der Waals surface area contributed by atoms with Crippen LogP contribution in [0.2, 0.25) is 0 Å². The average molecular weight is 439 g/mol. The van der Waals surface area contributed by atoms with E-state index < -0.39 is 0 Å². The molecule has 0 aliphatic carbocycles. The van der Waals surface area contributed by atoms with E-state index in [-0.39, 0.29) is 17.8 Å². The van der Waals surface area contributed by atoms with Gasteiger partial charge >= 0.3 is 0 Å². The van der Waals surface area contributed by atoms with Crippen molar-refractivity contribution < 1.29 is 9.18 Å². The van der Waals surface area contributed by atoms with E-state index in [1.54, 1.807) is 30.6 Å². The maximum Gasteiger partial charge on any atom is 0.273 e. The Bertz CT molecular complexity index is 1280. The fourth-order valence-corrected chi connectivity index (χ4v) is 4.23. The van der Waals surface area contributed by atoms with Crippen molar-refractivity contribution in [1.82, 2.24) is 24.8 Å². The predicted octanol–water partition coefficient (Wildman–Crippen LogP) is 4.64. The van der Waals surface area contributed by atoms with Gasteiger partial charge in [0.2, 0.25) is 0 Å². The fourth-order valence-electron chi connectivity index (χ4n) is 4.23. The maximum absolute atomic E-state index is 14.1. The van der Waals surface area contributed by atoms with E-state index in [0.717, 1.165) is 29.8 Å². The normalized spacial score (nSPS) is 15.5. The first-order chi connectivity index (χ1) is 16.2. The van der Waals surface area contributed by atoms with Crippen molar-refractivity contribution in [3.05, 3.63) is 108 Å². The summed E-state index contributed by atoms with van der Waals surface area (Å²) in [6, 6.07) is 17.7. The summed E-state index contributed by atoms with van der Waals surface area (Å²) in [4.78, 5) is 32.6. The molecule has 1 saturated heterocycles. The van der Waals surface area contributed by atoms with Gasteiger partial charge in [0.15, 0.2) is 0 Å². The lowest BCUT2D eigenvalue weighted by Gasteiger charge is -2.24. The molecule has 4 aromatic rings. The number of rotatable bonds is 5. The Hall–Kier alpha value is -4.00. The summed E-state index contributed by atoms with van der Waals surface area (Å²) in [5, 5.41) is 0. The van der Waals surface area contributed by atoms with Gasteiger partial charge in [0, 0.05) is 36.6 Å². The second kappa shape index (κ2) is 9.24. The van der Waals surface area contributed by atoms with Crippen LogP contribution >= 0.6 is 0 Å². The van der Waals surface area contributed by atoms with Gasteiger partial charge in [0.05, 0.1) is 17.4 Å². The lowest BCUT2D eigenvalue weighted by molar-refractivity contribution is 0.0727. The molecular weight excluding hydrogens is 417 g/mol. The zero-order valence-electron chi connectivity index (χ0n) is 17.9. The predicted molar refractivity (Wildman–Crippen MR) is 122 cm³/mol. The highest BCUT2D eigenvalue weighted by Gasteiger charge is 2.32. The molecule has 1 aromatic carbocycles. The lowest BCUT2D eigenvalue weighted by Crippen LogP contribution is -2.31. The number of carbonyl (C=O) groups is 1. The van der Waals surface area contributed by atoms with Crippen molar-refractivity contribution in [2.45, 2.75) is 25.3 Å². The molecule has 1 aliphatic heterocycles. The van der Waals surface area contributed by atoms with Crippen LogP contribution in [0.25, 0.3) is 11.3 Å². The Morgan fingerprint density at radius 1 is 0.970 bits per heavy atom. The Morgan fingerprint density at radius 2 is 1.79 bits per heavy atom. The summed E-state index contributed by atoms with van der Waals surface area (Å²) in [6.45, 7) is 0.642. The van der Waals surface area contributed by atoms with E-state index >= 15 is 0 Å². The largest absolute Gasteiger partial charge is 0.329 e. The third kappa shape index (κ3) is 4.48. The molecular formula is C26H22FN5O. The first kappa shape index (κ1) is 20.9. The zero-order valence-corrected chi connectivity index (χ0v) is 17.9. The van der Waals surface area contributed by atoms with Gasteiger partial charge in [-0.15, -0.1) is 0 Å². The van der Waals surface area contributed by atoms with Gasteiger partial charge in [-0.3, -0.25) is 9.78 Å². The van der Waals surface area contributed by atoms with Crippen molar-refractivity contribution in [1.29, 1.82) is 0 Å². The number of likely N-dealkylation sites (tertiary alicyclic amines) is 1. The molecule has 0 radical (unpaired) electrons. The number of carbonyl (C=O) groups excluding carboxylic acids is 1. The first-order valence-electron chi connectivity index (χ1n) is 10.9. The molecule has 4 heterocycles. The summed E-state index contributed by atoms with van der Waals surface area (Å²) >= 11 is 0. The molecule has 1 aliphatic rings. The van der Waals surface area contributed by atoms with Crippen LogP contribution in [0.1, 0.15) is 46.3 Å². The van der Waals surface area contributed by atoms with Gasteiger partial charge < -0.3 is 4.90 Å². The SMILES string of the molecule is O=C(c1cccc(-c2cncnc2)n1)N1CCC[C@@H]1c1cccc(Cc2ccccc2F)n1. The molecule has 7 heteroatoms. The van der Waals surface area contributed by atoms with E-state index in [1.807, 2.05) is 41.3 Å². The third-order valence-corrected chi connectivity index (χ3v) is 5.84. The fraction of sp³-hybridized carbons (Fsp3) is 0.192. The van der Waals surface area contributed by atoms with Crippen LogP contribution in [0.15, 0.2) is 79.4 Å². The summed E-state index contributed by atoms with van der Waals surface area (Å²) in [5.41, 5.74) is 4.00. The van der Waals surface area contributed by atoms with Crippen molar-refractivity contribution in [3.8, 4) is 11.3 Å². The Kier molecular flexibility index (Phi) is 5.85. The Morgan fingerprint density at radius 3 is 2.64 bits per heavy atom. The molecule has 1 amide bonds. The highest BCUT2D eigenvalue weighted by Crippen LogP contribution is 2.32. The number of amides is 1. The number of benzene rings is 1. The number of nitrogens with zero attached hydrogens (tertiary/aromatic N) is 5. The van der Waals surface area contributed by atoms with Crippen LogP contribution in [-0.2, 0) is 6.42 Å². The Balaban J connectivity index is 1.39. The van der Waals surface area contributed by atoms with Crippen LogP contribution < -0.4 is 0 Å². The van der Waals surface area contributed by atoms with E-state index in [1.165, 1.54) is 12.4 Å². The summed E-state index contributed by atoms with van der Waals surface area (Å²) in [5.74, 6) is -0.366. The van der Waals surface area contributed by atoms with E-state index in [9.17, 15) is 9.18 Å². The molecule has 6 nitrogen and oxygen atoms in total. The maximum atomic E-state index is 14.1. The van der Waals surface area contributed by atoms with Crippen LogP contribution in [0.4, 0.5) is 4.39 Å². The second-order valence-electron chi connectivity index (χ2n) is 8.01. The molecule has 0 saturated carbocycles. The highest BCUT2D eigenvalue weighted by molar-refractivity contribution is 5.93. The molecule has 1 fully saturated rings. The van der Waals surface area contributed by atoms with Gasteiger partial charge in [0.25, 0.3) is 5.91 Å². The van der Waals surface area contributed by atoms with Crippen molar-refractivity contribution in [3.63, 3.8) is 0 Å². The number of hydrogen-bond acceptors (Lipinski definition) is 5. The number of hydrogen-bond donors (Lipinski definition) is 0. The van der Waals surface area contributed by atoms with E-state index in [2.05, 4.69) is 15.0 Å². The third-order valence-electron chi connectivity index (χ3n) is 5.84. The molecule has 3 aromatic heterocycles. The minimum atomic E-state index is -0.239. The molecule has 33 heavy (non-hydrogen) atoms. The summed E-state index contributed by atoms with van der Waals surface area (Å²) in [7, 11) is 0. The molecule has 164 valence electrons. The van der Waals surface area contributed by atoms with Gasteiger partial charge in [0.1, 0.15) is 17.8 Å². The summed E-state index contributed by atoms with van der Waals surface area (Å²) < 4.78 is 14.1. The monoisotopic (exact) mass is 439 g/mol. The van der Waals surface area contributed by atoms with Crippen LogP contribution in [-0.4, -0.2) is 37.3 Å². The van der Waals surface area contributed by atoms with Gasteiger partial charge in [-0.2, -0.15) is 0 Å².